The fraction of sp³-hybridized carbons (Fsp3) is 0.118. The summed E-state index contributed by atoms with van der Waals surface area (Å²) in [4.78, 5) is 4.14. The standard InChI is InChI=1S/C17H11F2N3O4/c1-23-14-8-10(4-5-13(14)25-17(18)19)15-21-16(26-22-15)11(9-20)7-12-3-2-6-24-12/h2-8,17H,1H3. The van der Waals surface area contributed by atoms with Crippen molar-refractivity contribution in [1.29, 1.82) is 5.26 Å². The third-order valence-corrected chi connectivity index (χ3v) is 3.24. The van der Waals surface area contributed by atoms with E-state index in [2.05, 4.69) is 14.9 Å². The summed E-state index contributed by atoms with van der Waals surface area (Å²) in [7, 11) is 1.32. The minimum Gasteiger partial charge on any atom is -0.493 e. The number of hydrogen-bond donors (Lipinski definition) is 0. The Hall–Kier alpha value is -3.67. The minimum absolute atomic E-state index is 0.00854. The highest BCUT2D eigenvalue weighted by molar-refractivity contribution is 5.85. The highest BCUT2D eigenvalue weighted by atomic mass is 19.3. The zero-order valence-electron chi connectivity index (χ0n) is 13.3. The average Bonchev–Trinajstić information content (AvgIpc) is 3.31. The molecule has 0 aliphatic rings. The summed E-state index contributed by atoms with van der Waals surface area (Å²) in [6.07, 6.45) is 2.92. The number of furan rings is 1. The molecule has 0 saturated carbocycles. The van der Waals surface area contributed by atoms with E-state index in [1.165, 1.54) is 37.6 Å². The third kappa shape index (κ3) is 3.70. The van der Waals surface area contributed by atoms with Crippen molar-refractivity contribution in [3.63, 3.8) is 0 Å². The van der Waals surface area contributed by atoms with Gasteiger partial charge in [0.1, 0.15) is 17.4 Å². The molecule has 0 unspecified atom stereocenters. The van der Waals surface area contributed by atoms with E-state index in [0.29, 0.717) is 11.3 Å². The van der Waals surface area contributed by atoms with Crippen LogP contribution in [0.1, 0.15) is 11.7 Å². The van der Waals surface area contributed by atoms with Crippen LogP contribution < -0.4 is 9.47 Å². The lowest BCUT2D eigenvalue weighted by Gasteiger charge is -2.10. The van der Waals surface area contributed by atoms with Gasteiger partial charge in [0, 0.05) is 11.6 Å². The van der Waals surface area contributed by atoms with Gasteiger partial charge in [-0.15, -0.1) is 0 Å². The molecule has 7 nitrogen and oxygen atoms in total. The van der Waals surface area contributed by atoms with Crippen LogP contribution in [0.25, 0.3) is 23.0 Å². The molecule has 9 heteroatoms. The first-order valence-electron chi connectivity index (χ1n) is 7.23. The first kappa shape index (κ1) is 17.2. The van der Waals surface area contributed by atoms with Crippen molar-refractivity contribution < 1.29 is 27.2 Å². The molecule has 0 atom stereocenters. The monoisotopic (exact) mass is 359 g/mol. The van der Waals surface area contributed by atoms with Gasteiger partial charge < -0.3 is 18.4 Å². The minimum atomic E-state index is -2.98. The lowest BCUT2D eigenvalue weighted by Crippen LogP contribution is -2.03. The second-order valence-corrected chi connectivity index (χ2v) is 4.85. The van der Waals surface area contributed by atoms with Crippen LogP contribution in [0.2, 0.25) is 0 Å². The van der Waals surface area contributed by atoms with Gasteiger partial charge in [-0.2, -0.15) is 19.0 Å². The highest BCUT2D eigenvalue weighted by Crippen LogP contribution is 2.33. The van der Waals surface area contributed by atoms with Gasteiger partial charge >= 0.3 is 6.61 Å². The van der Waals surface area contributed by atoms with Crippen LogP contribution in [-0.2, 0) is 0 Å². The Morgan fingerprint density at radius 2 is 2.15 bits per heavy atom. The Labute approximate surface area is 146 Å². The summed E-state index contributed by atoms with van der Waals surface area (Å²) in [5, 5.41) is 13.1. The average molecular weight is 359 g/mol. The highest BCUT2D eigenvalue weighted by Gasteiger charge is 2.16. The van der Waals surface area contributed by atoms with E-state index in [1.54, 1.807) is 12.1 Å². The van der Waals surface area contributed by atoms with E-state index in [4.69, 9.17) is 13.7 Å². The van der Waals surface area contributed by atoms with Gasteiger partial charge in [-0.1, -0.05) is 5.16 Å². The lowest BCUT2D eigenvalue weighted by molar-refractivity contribution is -0.0512. The smallest absolute Gasteiger partial charge is 0.387 e. The Morgan fingerprint density at radius 3 is 2.81 bits per heavy atom. The van der Waals surface area contributed by atoms with Crippen LogP contribution in [0.3, 0.4) is 0 Å². The number of nitriles is 1. The molecule has 3 rings (SSSR count). The maximum atomic E-state index is 12.4. The van der Waals surface area contributed by atoms with Crippen molar-refractivity contribution in [3.05, 3.63) is 48.2 Å². The molecule has 0 bridgehead atoms. The van der Waals surface area contributed by atoms with Gasteiger partial charge in [-0.05, 0) is 30.3 Å². The molecule has 0 radical (unpaired) electrons. The van der Waals surface area contributed by atoms with Crippen LogP contribution in [0.4, 0.5) is 8.78 Å². The van der Waals surface area contributed by atoms with Crippen molar-refractivity contribution in [2.45, 2.75) is 6.61 Å². The molecule has 1 aromatic carbocycles. The molecule has 2 aromatic heterocycles. The van der Waals surface area contributed by atoms with Crippen molar-refractivity contribution in [1.82, 2.24) is 10.1 Å². The lowest BCUT2D eigenvalue weighted by atomic mass is 10.2. The Morgan fingerprint density at radius 1 is 1.31 bits per heavy atom. The second-order valence-electron chi connectivity index (χ2n) is 4.85. The molecule has 26 heavy (non-hydrogen) atoms. The zero-order chi connectivity index (χ0) is 18.5. The molecular weight excluding hydrogens is 348 g/mol. The molecule has 3 aromatic rings. The van der Waals surface area contributed by atoms with Crippen molar-refractivity contribution >= 4 is 11.6 Å². The molecule has 132 valence electrons. The number of allylic oxidation sites excluding steroid dienone is 1. The Balaban J connectivity index is 1.91. The van der Waals surface area contributed by atoms with Crippen LogP contribution in [0.5, 0.6) is 11.5 Å². The SMILES string of the molecule is COc1cc(-c2noc(C(C#N)=Cc3ccco3)n2)ccc1OC(F)F. The van der Waals surface area contributed by atoms with Crippen LogP contribution in [0, 0.1) is 11.3 Å². The molecule has 0 N–H and O–H groups in total. The summed E-state index contributed by atoms with van der Waals surface area (Å²) >= 11 is 0. The molecule has 0 fully saturated rings. The summed E-state index contributed by atoms with van der Waals surface area (Å²) < 4.78 is 44.4. The van der Waals surface area contributed by atoms with E-state index in [9.17, 15) is 14.0 Å². The third-order valence-electron chi connectivity index (χ3n) is 3.24. The number of alkyl halides is 2. The van der Waals surface area contributed by atoms with Crippen LogP contribution >= 0.6 is 0 Å². The van der Waals surface area contributed by atoms with E-state index >= 15 is 0 Å². The number of hydrogen-bond acceptors (Lipinski definition) is 7. The molecular formula is C17H11F2N3O4. The number of halogens is 2. The summed E-state index contributed by atoms with van der Waals surface area (Å²) in [6, 6.07) is 9.50. The number of aromatic nitrogens is 2. The molecule has 0 amide bonds. The summed E-state index contributed by atoms with van der Waals surface area (Å²) in [5.74, 6) is 0.566. The van der Waals surface area contributed by atoms with Gasteiger partial charge in [0.25, 0.3) is 5.89 Å². The first-order valence-corrected chi connectivity index (χ1v) is 7.23. The van der Waals surface area contributed by atoms with Gasteiger partial charge in [-0.3, -0.25) is 0 Å². The fourth-order valence-electron chi connectivity index (χ4n) is 2.11. The van der Waals surface area contributed by atoms with Gasteiger partial charge in [0.2, 0.25) is 5.82 Å². The normalized spacial score (nSPS) is 11.4. The second kappa shape index (κ2) is 7.48. The quantitative estimate of drug-likeness (QED) is 0.614. The fourth-order valence-corrected chi connectivity index (χ4v) is 2.11. The van der Waals surface area contributed by atoms with E-state index in [0.717, 1.165) is 0 Å². The number of ether oxygens (including phenoxy) is 2. The van der Waals surface area contributed by atoms with E-state index < -0.39 is 6.61 Å². The molecule has 0 aliphatic heterocycles. The van der Waals surface area contributed by atoms with Gasteiger partial charge in [0.15, 0.2) is 11.5 Å². The Bertz CT molecular complexity index is 959. The van der Waals surface area contributed by atoms with Crippen molar-refractivity contribution in [2.75, 3.05) is 7.11 Å². The number of benzene rings is 1. The maximum Gasteiger partial charge on any atom is 0.387 e. The molecule has 0 saturated heterocycles. The predicted molar refractivity (Wildman–Crippen MR) is 85.1 cm³/mol. The van der Waals surface area contributed by atoms with Crippen LogP contribution in [-0.4, -0.2) is 23.9 Å². The number of methoxy groups -OCH3 is 1. The van der Waals surface area contributed by atoms with Gasteiger partial charge in [0.05, 0.1) is 13.4 Å². The maximum absolute atomic E-state index is 12.4. The van der Waals surface area contributed by atoms with Gasteiger partial charge in [-0.25, -0.2) is 0 Å². The van der Waals surface area contributed by atoms with Crippen LogP contribution in [0.15, 0.2) is 45.5 Å². The summed E-state index contributed by atoms with van der Waals surface area (Å²) in [6.45, 7) is -2.98. The number of nitrogens with zero attached hydrogens (tertiary/aromatic N) is 3. The van der Waals surface area contributed by atoms with Crippen molar-refractivity contribution in [2.24, 2.45) is 0 Å². The van der Waals surface area contributed by atoms with E-state index in [-0.39, 0.29) is 28.8 Å². The largest absolute Gasteiger partial charge is 0.493 e. The first-order chi connectivity index (χ1) is 12.6. The Kier molecular flexibility index (Phi) is 4.94. The van der Waals surface area contributed by atoms with Crippen molar-refractivity contribution in [3.8, 4) is 29.0 Å². The topological polar surface area (TPSA) is 94.3 Å². The van der Waals surface area contributed by atoms with E-state index in [1.807, 2.05) is 6.07 Å². The zero-order valence-corrected chi connectivity index (χ0v) is 13.3. The molecule has 0 aliphatic carbocycles. The molecule has 2 heterocycles. The number of rotatable bonds is 6. The summed E-state index contributed by atoms with van der Waals surface area (Å²) in [5.41, 5.74) is 0.553. The molecule has 0 spiro atoms. The predicted octanol–water partition coefficient (Wildman–Crippen LogP) is 4.00.